The van der Waals surface area contributed by atoms with E-state index >= 15 is 0 Å². The summed E-state index contributed by atoms with van der Waals surface area (Å²) in [4.78, 5) is 5.44. The molecular weight excluding hydrogens is 727 g/mol. The van der Waals surface area contributed by atoms with E-state index in [4.69, 9.17) is 9.15 Å². The minimum absolute atomic E-state index is 0. The van der Waals surface area contributed by atoms with Gasteiger partial charge in [-0.2, -0.15) is 4.57 Å². The highest BCUT2D eigenvalue weighted by Crippen LogP contribution is 2.42. The molecule has 13 heteroatoms. The van der Waals surface area contributed by atoms with Crippen LogP contribution in [0, 0.1) is 0 Å². The van der Waals surface area contributed by atoms with Gasteiger partial charge in [0.2, 0.25) is 11.5 Å². The van der Waals surface area contributed by atoms with Crippen LogP contribution in [-0.2, 0) is 26.8 Å². The maximum Gasteiger partial charge on any atom is 0.374 e. The Labute approximate surface area is 316 Å². The molecule has 0 radical (unpaired) electrons. The molecule has 54 heavy (non-hydrogen) atoms. The van der Waals surface area contributed by atoms with Gasteiger partial charge in [0.1, 0.15) is 10.1 Å². The molecule has 0 saturated heterocycles. The van der Waals surface area contributed by atoms with E-state index in [1.807, 2.05) is 110 Å². The van der Waals surface area contributed by atoms with Crippen molar-refractivity contribution in [2.75, 3.05) is 23.0 Å². The Kier molecular flexibility index (Phi) is 12.8. The lowest BCUT2D eigenvalue weighted by molar-refractivity contribution is -0.673. The van der Waals surface area contributed by atoms with Crippen LogP contribution < -0.4 is 14.2 Å². The fraction of sp³-hybridized carbons (Fsp3) is 0.171. The molecule has 0 fully saturated rings. The van der Waals surface area contributed by atoms with Crippen molar-refractivity contribution in [3.8, 4) is 28.0 Å². The van der Waals surface area contributed by atoms with Crippen molar-refractivity contribution in [3.05, 3.63) is 151 Å². The summed E-state index contributed by atoms with van der Waals surface area (Å²) in [5.74, 6) is -0.130. The van der Waals surface area contributed by atoms with E-state index in [0.717, 1.165) is 22.3 Å². The Hall–Kier alpha value is -5.60. The standard InChI is InChI=1S/C35H32N2O8S2.C5H5N.CH4/c1-2-25(21-34-36(17-19-46(38,39)40)30-23-28(13-15-32(30)44-34)26-9-5-3-6-10-26)22-35-37(18-20-47(41,42)43)31-24-29(14-16-33(31)45-35)27-11-7-4-8-12-27;1-2-4-6-5-3-1;/h3-16,21-24H,2,17-20H2,1H3,(H-,38,39,40,41,42,43);1-5H;1H4/p-1. The first-order valence-electron chi connectivity index (χ1n) is 16.8. The van der Waals surface area contributed by atoms with Crippen molar-refractivity contribution in [1.82, 2.24) is 4.98 Å². The first-order chi connectivity index (χ1) is 25.5. The average Bonchev–Trinajstić information content (AvgIpc) is 3.69. The summed E-state index contributed by atoms with van der Waals surface area (Å²) in [5, 5.41) is 0. The predicted octanol–water partition coefficient (Wildman–Crippen LogP) is 7.40. The third kappa shape index (κ3) is 10.3. The molecule has 0 saturated carbocycles. The van der Waals surface area contributed by atoms with E-state index in [1.54, 1.807) is 46.1 Å². The van der Waals surface area contributed by atoms with Crippen molar-refractivity contribution in [2.45, 2.75) is 27.3 Å². The van der Waals surface area contributed by atoms with Crippen molar-refractivity contribution in [2.24, 2.45) is 0 Å². The number of rotatable bonds is 11. The Morgan fingerprint density at radius 1 is 0.759 bits per heavy atom. The first kappa shape index (κ1) is 39.6. The Morgan fingerprint density at radius 3 is 1.91 bits per heavy atom. The van der Waals surface area contributed by atoms with Crippen LogP contribution in [0.5, 0.6) is 5.75 Å². The van der Waals surface area contributed by atoms with Crippen LogP contribution in [0.3, 0.4) is 0 Å². The third-order valence-electron chi connectivity index (χ3n) is 8.40. The lowest BCUT2D eigenvalue weighted by Crippen LogP contribution is -2.38. The maximum atomic E-state index is 11.6. The van der Waals surface area contributed by atoms with Gasteiger partial charge in [-0.1, -0.05) is 93.2 Å². The highest BCUT2D eigenvalue weighted by atomic mass is 32.2. The van der Waals surface area contributed by atoms with Crippen LogP contribution in [0.25, 0.3) is 39.4 Å². The zero-order valence-corrected chi connectivity index (χ0v) is 30.4. The van der Waals surface area contributed by atoms with E-state index in [-0.39, 0.29) is 20.5 Å². The van der Waals surface area contributed by atoms with Gasteiger partial charge >= 0.3 is 5.89 Å². The zero-order chi connectivity index (χ0) is 37.4. The van der Waals surface area contributed by atoms with Gasteiger partial charge in [-0.25, -0.2) is 16.8 Å². The van der Waals surface area contributed by atoms with Crippen LogP contribution in [0.4, 0.5) is 5.69 Å². The lowest BCUT2D eigenvalue weighted by Gasteiger charge is -2.20. The largest absolute Gasteiger partial charge is 0.748 e. The predicted molar refractivity (Wildman–Crippen MR) is 208 cm³/mol. The average molecular weight is 767 g/mol. The molecule has 0 atom stereocenters. The van der Waals surface area contributed by atoms with E-state index in [0.29, 0.717) is 46.3 Å². The third-order valence-corrected chi connectivity index (χ3v) is 9.76. The molecule has 0 spiro atoms. The molecule has 0 aliphatic carbocycles. The normalized spacial score (nSPS) is 13.5. The SMILES string of the molecule is C.CCC(=Cc1oc2ccc(-c3ccccc3)cc2[n+]1CCS(=O)(=O)[O-])C=C1Oc2ccc(-c3ccccc3)cc2N1CCS(=O)(=O)[O-].c1ccncc1. The minimum Gasteiger partial charge on any atom is -0.748 e. The second kappa shape index (κ2) is 17.5. The summed E-state index contributed by atoms with van der Waals surface area (Å²) in [7, 11) is -9.05. The number of anilines is 1. The second-order valence-corrected chi connectivity index (χ2v) is 15.1. The van der Waals surface area contributed by atoms with Crippen molar-refractivity contribution in [3.63, 3.8) is 0 Å². The summed E-state index contributed by atoms with van der Waals surface area (Å²) in [5.41, 5.74) is 6.14. The van der Waals surface area contributed by atoms with Crippen molar-refractivity contribution >= 4 is 43.1 Å². The fourth-order valence-electron chi connectivity index (χ4n) is 5.78. The van der Waals surface area contributed by atoms with Gasteiger partial charge in [-0.05, 0) is 64.6 Å². The first-order valence-corrected chi connectivity index (χ1v) is 19.9. The molecule has 6 aromatic rings. The molecule has 280 valence electrons. The molecular formula is C41H40N3O8S2-. The molecule has 1 aliphatic rings. The van der Waals surface area contributed by atoms with E-state index in [2.05, 4.69) is 4.98 Å². The number of aryl methyl sites for hydroxylation is 1. The van der Waals surface area contributed by atoms with Gasteiger partial charge in [-0.15, -0.1) is 0 Å². The molecule has 2 aromatic heterocycles. The van der Waals surface area contributed by atoms with Crippen LogP contribution >= 0.6 is 0 Å². The van der Waals surface area contributed by atoms with Crippen molar-refractivity contribution in [1.29, 1.82) is 0 Å². The Balaban J connectivity index is 0.000000730. The monoisotopic (exact) mass is 766 g/mol. The summed E-state index contributed by atoms with van der Waals surface area (Å²) in [6.45, 7) is 1.65. The van der Waals surface area contributed by atoms with Gasteiger partial charge in [0.25, 0.3) is 5.52 Å². The van der Waals surface area contributed by atoms with E-state index in [1.165, 1.54) is 0 Å². The number of nitrogens with zero attached hydrogens (tertiary/aromatic N) is 3. The van der Waals surface area contributed by atoms with Gasteiger partial charge in [0.05, 0.1) is 33.4 Å². The molecule has 11 nitrogen and oxygen atoms in total. The number of ether oxygens (including phenoxy) is 1. The number of pyridine rings is 1. The van der Waals surface area contributed by atoms with Gasteiger partial charge in [0, 0.05) is 31.1 Å². The topological polar surface area (TPSA) is 157 Å². The molecule has 0 unspecified atom stereocenters. The molecule has 4 aromatic carbocycles. The fourth-order valence-corrected chi connectivity index (χ4v) is 6.59. The number of oxazole rings is 1. The number of hydrogen-bond acceptors (Lipinski definition) is 10. The highest BCUT2D eigenvalue weighted by Gasteiger charge is 2.28. The van der Waals surface area contributed by atoms with Gasteiger partial charge < -0.3 is 23.2 Å². The van der Waals surface area contributed by atoms with Gasteiger partial charge in [0.15, 0.2) is 12.3 Å². The molecule has 3 heterocycles. The molecule has 0 amide bonds. The maximum absolute atomic E-state index is 11.6. The number of hydrogen-bond donors (Lipinski definition) is 0. The molecule has 0 N–H and O–H groups in total. The van der Waals surface area contributed by atoms with Crippen LogP contribution in [0.2, 0.25) is 0 Å². The highest BCUT2D eigenvalue weighted by molar-refractivity contribution is 7.85. The Morgan fingerprint density at radius 2 is 1.35 bits per heavy atom. The van der Waals surface area contributed by atoms with Crippen LogP contribution in [0.1, 0.15) is 26.7 Å². The number of benzene rings is 4. The molecule has 1 aliphatic heterocycles. The number of allylic oxidation sites excluding steroid dienone is 2. The second-order valence-electron chi connectivity index (χ2n) is 12.0. The van der Waals surface area contributed by atoms with Crippen LogP contribution in [0.15, 0.2) is 150 Å². The lowest BCUT2D eigenvalue weighted by atomic mass is 10.0. The zero-order valence-electron chi connectivity index (χ0n) is 28.7. The molecule has 0 bridgehead atoms. The summed E-state index contributed by atoms with van der Waals surface area (Å²) >= 11 is 0. The molecule has 7 rings (SSSR count). The number of fused-ring (bicyclic) bond motifs is 2. The minimum atomic E-state index is -4.53. The van der Waals surface area contributed by atoms with Gasteiger partial charge in [-0.3, -0.25) is 4.98 Å². The summed E-state index contributed by atoms with van der Waals surface area (Å²) < 4.78 is 83.9. The Bertz CT molecular complexity index is 2440. The van der Waals surface area contributed by atoms with Crippen LogP contribution in [-0.4, -0.2) is 49.0 Å². The van der Waals surface area contributed by atoms with E-state index < -0.39 is 31.7 Å². The number of aromatic nitrogens is 2. The summed E-state index contributed by atoms with van der Waals surface area (Å²) in [6.07, 6.45) is 7.45. The summed E-state index contributed by atoms with van der Waals surface area (Å²) in [6, 6.07) is 36.3. The quantitative estimate of drug-likeness (QED) is 0.0962. The smallest absolute Gasteiger partial charge is 0.374 e. The van der Waals surface area contributed by atoms with Crippen molar-refractivity contribution < 1.29 is 39.7 Å². The van der Waals surface area contributed by atoms with E-state index in [9.17, 15) is 25.9 Å².